The van der Waals surface area contributed by atoms with Crippen LogP contribution in [0.1, 0.15) is 25.7 Å². The van der Waals surface area contributed by atoms with Gasteiger partial charge in [0.25, 0.3) is 0 Å². The van der Waals surface area contributed by atoms with Crippen molar-refractivity contribution < 1.29 is 9.21 Å². The highest BCUT2D eigenvalue weighted by atomic mass is 32.2. The van der Waals surface area contributed by atoms with E-state index in [0.717, 1.165) is 12.8 Å². The Morgan fingerprint density at radius 2 is 2.30 bits per heavy atom. The summed E-state index contributed by atoms with van der Waals surface area (Å²) in [6, 6.07) is 3.99. The van der Waals surface area contributed by atoms with Gasteiger partial charge in [-0.25, -0.2) is 0 Å². The zero-order valence-corrected chi connectivity index (χ0v) is 13.7. The second-order valence-corrected chi connectivity index (χ2v) is 6.46. The lowest BCUT2D eigenvalue weighted by molar-refractivity contribution is -0.119. The molecule has 6 nitrogen and oxygen atoms in total. The second-order valence-electron chi connectivity index (χ2n) is 5.52. The van der Waals surface area contributed by atoms with Crippen molar-refractivity contribution in [1.82, 2.24) is 20.1 Å². The van der Waals surface area contributed by atoms with Crippen LogP contribution in [0.15, 0.2) is 40.6 Å². The summed E-state index contributed by atoms with van der Waals surface area (Å²) in [4.78, 5) is 12.0. The third-order valence-corrected chi connectivity index (χ3v) is 4.79. The normalized spacial score (nSPS) is 15.0. The number of amides is 1. The van der Waals surface area contributed by atoms with E-state index in [-0.39, 0.29) is 5.91 Å². The van der Waals surface area contributed by atoms with Gasteiger partial charge in [-0.1, -0.05) is 30.7 Å². The number of hydrogen-bond acceptors (Lipinski definition) is 5. The molecule has 1 saturated carbocycles. The molecule has 2 aromatic rings. The highest BCUT2D eigenvalue weighted by molar-refractivity contribution is 7.99. The minimum Gasteiger partial charge on any atom is -0.461 e. The van der Waals surface area contributed by atoms with Crippen molar-refractivity contribution in [3.05, 3.63) is 31.1 Å². The third-order valence-electron chi connectivity index (χ3n) is 3.82. The van der Waals surface area contributed by atoms with Gasteiger partial charge in [0.05, 0.1) is 12.0 Å². The summed E-state index contributed by atoms with van der Waals surface area (Å²) in [5.74, 6) is 1.69. The van der Waals surface area contributed by atoms with Crippen LogP contribution in [0.25, 0.3) is 11.6 Å². The number of hydrogen-bond donors (Lipinski definition) is 1. The monoisotopic (exact) mass is 332 g/mol. The smallest absolute Gasteiger partial charge is 0.230 e. The maximum absolute atomic E-state index is 12.0. The number of carbonyl (C=O) groups excluding carboxylic acids is 1. The van der Waals surface area contributed by atoms with Crippen LogP contribution in [0.2, 0.25) is 0 Å². The van der Waals surface area contributed by atoms with Crippen LogP contribution in [0, 0.1) is 0 Å². The lowest BCUT2D eigenvalue weighted by atomic mass is 10.2. The van der Waals surface area contributed by atoms with Crippen molar-refractivity contribution in [2.45, 2.75) is 43.4 Å². The van der Waals surface area contributed by atoms with E-state index >= 15 is 0 Å². The Morgan fingerprint density at radius 1 is 1.48 bits per heavy atom. The first-order valence-electron chi connectivity index (χ1n) is 7.78. The molecule has 0 bridgehead atoms. The summed E-state index contributed by atoms with van der Waals surface area (Å²) in [7, 11) is 0. The van der Waals surface area contributed by atoms with Gasteiger partial charge in [0.1, 0.15) is 0 Å². The highest BCUT2D eigenvalue weighted by Crippen LogP contribution is 2.24. The average Bonchev–Trinajstić information content (AvgIpc) is 3.27. The fourth-order valence-electron chi connectivity index (χ4n) is 2.75. The number of furan rings is 1. The minimum atomic E-state index is 0.0506. The van der Waals surface area contributed by atoms with E-state index in [1.165, 1.54) is 24.6 Å². The molecule has 0 spiro atoms. The standard InChI is InChI=1S/C16H20N4O2S/c1-2-9-20-15(13-8-5-10-22-13)18-19-16(20)23-11-14(21)17-12-6-3-4-7-12/h2,5,8,10,12H,1,3-4,6-7,9,11H2,(H,17,21). The van der Waals surface area contributed by atoms with Gasteiger partial charge in [0.2, 0.25) is 11.7 Å². The van der Waals surface area contributed by atoms with Gasteiger partial charge in [0.15, 0.2) is 10.9 Å². The summed E-state index contributed by atoms with van der Waals surface area (Å²) in [6.07, 6.45) is 7.97. The third kappa shape index (κ3) is 3.85. The molecule has 1 aliphatic carbocycles. The Labute approximate surface area is 139 Å². The SMILES string of the molecule is C=CCn1c(SCC(=O)NC2CCCC2)nnc1-c1ccco1. The van der Waals surface area contributed by atoms with Crippen LogP contribution < -0.4 is 5.32 Å². The van der Waals surface area contributed by atoms with Crippen molar-refractivity contribution >= 4 is 17.7 Å². The van der Waals surface area contributed by atoms with Gasteiger partial charge in [-0.3, -0.25) is 9.36 Å². The first kappa shape index (κ1) is 15.9. The largest absolute Gasteiger partial charge is 0.461 e. The Hall–Kier alpha value is -2.02. The highest BCUT2D eigenvalue weighted by Gasteiger charge is 2.19. The zero-order chi connectivity index (χ0) is 16.1. The molecule has 0 unspecified atom stereocenters. The van der Waals surface area contributed by atoms with Gasteiger partial charge >= 0.3 is 0 Å². The van der Waals surface area contributed by atoms with Crippen molar-refractivity contribution in [2.24, 2.45) is 0 Å². The van der Waals surface area contributed by atoms with E-state index < -0.39 is 0 Å². The van der Waals surface area contributed by atoms with E-state index in [0.29, 0.717) is 35.1 Å². The maximum Gasteiger partial charge on any atom is 0.230 e. The minimum absolute atomic E-state index is 0.0506. The van der Waals surface area contributed by atoms with Crippen LogP contribution in [-0.2, 0) is 11.3 Å². The number of carbonyl (C=O) groups is 1. The first-order chi connectivity index (χ1) is 11.3. The molecule has 0 saturated heterocycles. The summed E-state index contributed by atoms with van der Waals surface area (Å²) in [5, 5.41) is 12.1. The molecule has 2 heterocycles. The first-order valence-corrected chi connectivity index (χ1v) is 8.76. The summed E-state index contributed by atoms with van der Waals surface area (Å²) < 4.78 is 7.29. The number of allylic oxidation sites excluding steroid dienone is 1. The van der Waals surface area contributed by atoms with E-state index in [1.807, 2.05) is 16.7 Å². The van der Waals surface area contributed by atoms with E-state index in [4.69, 9.17) is 4.42 Å². The molecule has 7 heteroatoms. The number of rotatable bonds is 7. The molecule has 2 aromatic heterocycles. The van der Waals surface area contributed by atoms with Crippen LogP contribution >= 0.6 is 11.8 Å². The Kier molecular flexibility index (Phi) is 5.17. The molecule has 23 heavy (non-hydrogen) atoms. The van der Waals surface area contributed by atoms with Gasteiger partial charge < -0.3 is 9.73 Å². The van der Waals surface area contributed by atoms with Crippen molar-refractivity contribution in [3.8, 4) is 11.6 Å². The molecule has 122 valence electrons. The van der Waals surface area contributed by atoms with Gasteiger partial charge in [-0.05, 0) is 25.0 Å². The molecule has 0 radical (unpaired) electrons. The molecular weight excluding hydrogens is 312 g/mol. The van der Waals surface area contributed by atoms with Crippen LogP contribution in [0.3, 0.4) is 0 Å². The second kappa shape index (κ2) is 7.50. The predicted octanol–water partition coefficient (Wildman–Crippen LogP) is 2.88. The van der Waals surface area contributed by atoms with Crippen molar-refractivity contribution in [1.29, 1.82) is 0 Å². The molecule has 1 N–H and O–H groups in total. The molecule has 1 fully saturated rings. The Morgan fingerprint density at radius 3 is 3.00 bits per heavy atom. The van der Waals surface area contributed by atoms with Gasteiger partial charge in [0, 0.05) is 12.6 Å². The Balaban J connectivity index is 1.65. The van der Waals surface area contributed by atoms with E-state index in [2.05, 4.69) is 22.1 Å². The van der Waals surface area contributed by atoms with E-state index in [1.54, 1.807) is 12.3 Å². The van der Waals surface area contributed by atoms with Crippen LogP contribution in [0.4, 0.5) is 0 Å². The Bertz CT molecular complexity index is 660. The summed E-state index contributed by atoms with van der Waals surface area (Å²) >= 11 is 1.38. The molecule has 1 aliphatic rings. The molecular formula is C16H20N4O2S. The number of aromatic nitrogens is 3. The van der Waals surface area contributed by atoms with Crippen molar-refractivity contribution in [2.75, 3.05) is 5.75 Å². The molecule has 1 amide bonds. The number of nitrogens with one attached hydrogen (secondary N) is 1. The number of thioether (sulfide) groups is 1. The molecule has 0 atom stereocenters. The fourth-order valence-corrected chi connectivity index (χ4v) is 3.51. The lowest BCUT2D eigenvalue weighted by Gasteiger charge is -2.11. The average molecular weight is 332 g/mol. The van der Waals surface area contributed by atoms with Crippen molar-refractivity contribution in [3.63, 3.8) is 0 Å². The summed E-state index contributed by atoms with van der Waals surface area (Å²) in [6.45, 7) is 4.33. The van der Waals surface area contributed by atoms with Crippen LogP contribution in [-0.4, -0.2) is 32.5 Å². The summed E-state index contributed by atoms with van der Waals surface area (Å²) in [5.41, 5.74) is 0. The number of nitrogens with zero attached hydrogens (tertiary/aromatic N) is 3. The maximum atomic E-state index is 12.0. The predicted molar refractivity (Wildman–Crippen MR) is 89.0 cm³/mol. The zero-order valence-electron chi connectivity index (χ0n) is 12.9. The molecule has 0 aliphatic heterocycles. The van der Waals surface area contributed by atoms with Gasteiger partial charge in [-0.15, -0.1) is 16.8 Å². The quantitative estimate of drug-likeness (QED) is 0.623. The molecule has 3 rings (SSSR count). The van der Waals surface area contributed by atoms with Crippen LogP contribution in [0.5, 0.6) is 0 Å². The van der Waals surface area contributed by atoms with E-state index in [9.17, 15) is 4.79 Å². The van der Waals surface area contributed by atoms with Gasteiger partial charge in [-0.2, -0.15) is 0 Å². The fraction of sp³-hybridized carbons (Fsp3) is 0.438. The molecule has 0 aromatic carbocycles. The lowest BCUT2D eigenvalue weighted by Crippen LogP contribution is -2.33. The topological polar surface area (TPSA) is 73.0 Å².